The highest BCUT2D eigenvalue weighted by atomic mass is 16.3. The van der Waals surface area contributed by atoms with E-state index in [1.54, 1.807) is 12.2 Å². The number of carbonyl (C=O) groups excluding carboxylic acids is 1. The van der Waals surface area contributed by atoms with Gasteiger partial charge in [-0.3, -0.25) is 4.79 Å². The third-order valence-electron chi connectivity index (χ3n) is 3.77. The van der Waals surface area contributed by atoms with Crippen molar-refractivity contribution in [2.75, 3.05) is 19.6 Å². The average molecular weight is 270 g/mol. The molecule has 1 aliphatic heterocycles. The van der Waals surface area contributed by atoms with Crippen molar-refractivity contribution >= 4 is 23.0 Å². The number of amides is 1. The molecule has 2 N–H and O–H groups in total. The van der Waals surface area contributed by atoms with Gasteiger partial charge in [-0.25, -0.2) is 0 Å². The van der Waals surface area contributed by atoms with Crippen LogP contribution in [0.5, 0.6) is 0 Å². The number of nitrogens with two attached hydrogens (primary N) is 1. The Morgan fingerprint density at radius 1 is 1.45 bits per heavy atom. The van der Waals surface area contributed by atoms with Gasteiger partial charge < -0.3 is 15.1 Å². The van der Waals surface area contributed by atoms with Crippen LogP contribution in [0.3, 0.4) is 0 Å². The molecule has 0 spiro atoms. The Hall–Kier alpha value is -2.07. The van der Waals surface area contributed by atoms with E-state index in [-0.39, 0.29) is 5.91 Å². The van der Waals surface area contributed by atoms with Crippen LogP contribution in [0.4, 0.5) is 0 Å². The molecule has 1 aromatic carbocycles. The molecule has 1 saturated heterocycles. The van der Waals surface area contributed by atoms with Gasteiger partial charge in [0.1, 0.15) is 11.3 Å². The summed E-state index contributed by atoms with van der Waals surface area (Å²) in [7, 11) is 0. The van der Waals surface area contributed by atoms with Crippen LogP contribution in [0, 0.1) is 5.92 Å². The van der Waals surface area contributed by atoms with Gasteiger partial charge in [0, 0.05) is 24.6 Å². The van der Waals surface area contributed by atoms with Gasteiger partial charge in [-0.1, -0.05) is 18.2 Å². The fourth-order valence-electron chi connectivity index (χ4n) is 2.57. The molecule has 104 valence electrons. The van der Waals surface area contributed by atoms with Crippen LogP contribution >= 0.6 is 0 Å². The molecule has 2 heterocycles. The first-order chi connectivity index (χ1) is 9.76. The van der Waals surface area contributed by atoms with E-state index in [0.29, 0.717) is 18.2 Å². The Balaban J connectivity index is 1.69. The lowest BCUT2D eigenvalue weighted by Gasteiger charge is -2.13. The minimum absolute atomic E-state index is 0.0291. The van der Waals surface area contributed by atoms with E-state index >= 15 is 0 Å². The topological polar surface area (TPSA) is 59.5 Å². The zero-order valence-electron chi connectivity index (χ0n) is 11.3. The molecule has 3 rings (SSSR count). The second kappa shape index (κ2) is 5.51. The van der Waals surface area contributed by atoms with Gasteiger partial charge in [-0.2, -0.15) is 0 Å². The van der Waals surface area contributed by atoms with Crippen molar-refractivity contribution in [1.82, 2.24) is 4.90 Å². The maximum Gasteiger partial charge on any atom is 0.246 e. The smallest absolute Gasteiger partial charge is 0.246 e. The first-order valence-electron chi connectivity index (χ1n) is 6.92. The number of para-hydroxylation sites is 1. The predicted octanol–water partition coefficient (Wildman–Crippen LogP) is 2.25. The van der Waals surface area contributed by atoms with Gasteiger partial charge in [0.05, 0.1) is 0 Å². The summed E-state index contributed by atoms with van der Waals surface area (Å²) in [5.41, 5.74) is 6.47. The monoisotopic (exact) mass is 270 g/mol. The van der Waals surface area contributed by atoms with E-state index in [0.717, 1.165) is 30.5 Å². The number of hydrogen-bond acceptors (Lipinski definition) is 3. The van der Waals surface area contributed by atoms with Gasteiger partial charge in [0.25, 0.3) is 0 Å². The number of carbonyl (C=O) groups is 1. The van der Waals surface area contributed by atoms with Gasteiger partial charge in [-0.05, 0) is 37.1 Å². The Morgan fingerprint density at radius 3 is 3.05 bits per heavy atom. The molecule has 0 aliphatic carbocycles. The van der Waals surface area contributed by atoms with Crippen molar-refractivity contribution < 1.29 is 9.21 Å². The molecule has 1 amide bonds. The van der Waals surface area contributed by atoms with Crippen LogP contribution in [0.2, 0.25) is 0 Å². The lowest BCUT2D eigenvalue weighted by atomic mass is 10.1. The highest BCUT2D eigenvalue weighted by molar-refractivity contribution is 5.92. The second-order valence-corrected chi connectivity index (χ2v) is 5.19. The normalized spacial score (nSPS) is 19.2. The Labute approximate surface area is 117 Å². The van der Waals surface area contributed by atoms with Crippen LogP contribution in [0.25, 0.3) is 17.0 Å². The number of nitrogens with zero attached hydrogens (tertiary/aromatic N) is 1. The van der Waals surface area contributed by atoms with E-state index in [1.807, 2.05) is 35.2 Å². The van der Waals surface area contributed by atoms with Gasteiger partial charge in [-0.15, -0.1) is 0 Å². The average Bonchev–Trinajstić information content (AvgIpc) is 3.10. The quantitative estimate of drug-likeness (QED) is 0.870. The van der Waals surface area contributed by atoms with E-state index in [2.05, 4.69) is 0 Å². The van der Waals surface area contributed by atoms with Crippen LogP contribution in [0.15, 0.2) is 40.8 Å². The molecule has 0 bridgehead atoms. The van der Waals surface area contributed by atoms with E-state index < -0.39 is 0 Å². The fraction of sp³-hybridized carbons (Fsp3) is 0.312. The fourth-order valence-corrected chi connectivity index (χ4v) is 2.57. The van der Waals surface area contributed by atoms with Crippen molar-refractivity contribution in [1.29, 1.82) is 0 Å². The summed E-state index contributed by atoms with van der Waals surface area (Å²) in [6, 6.07) is 9.74. The summed E-state index contributed by atoms with van der Waals surface area (Å²) in [6.45, 7) is 2.21. The zero-order valence-corrected chi connectivity index (χ0v) is 11.3. The molecule has 1 aliphatic rings. The first-order valence-corrected chi connectivity index (χ1v) is 6.92. The standard InChI is InChI=1S/C16H18N2O2/c17-10-12-7-8-18(11-12)16(19)6-5-14-9-13-3-1-2-4-15(13)20-14/h1-6,9,12H,7-8,10-11,17H2/b6-5+. The predicted molar refractivity (Wildman–Crippen MR) is 79.0 cm³/mol. The maximum absolute atomic E-state index is 12.1. The summed E-state index contributed by atoms with van der Waals surface area (Å²) in [6.07, 6.45) is 4.31. The number of furan rings is 1. The molecular formula is C16H18N2O2. The molecule has 1 atom stereocenters. The summed E-state index contributed by atoms with van der Waals surface area (Å²) in [5.74, 6) is 1.18. The first kappa shape index (κ1) is 12.9. The third-order valence-corrected chi connectivity index (χ3v) is 3.77. The maximum atomic E-state index is 12.1. The van der Waals surface area contributed by atoms with E-state index in [4.69, 9.17) is 10.2 Å². The number of benzene rings is 1. The minimum Gasteiger partial charge on any atom is -0.457 e. The Bertz CT molecular complexity index is 612. The van der Waals surface area contributed by atoms with Crippen LogP contribution in [-0.4, -0.2) is 30.4 Å². The molecule has 4 nitrogen and oxygen atoms in total. The van der Waals surface area contributed by atoms with E-state index in [1.165, 1.54) is 0 Å². The van der Waals surface area contributed by atoms with Crippen LogP contribution in [-0.2, 0) is 4.79 Å². The summed E-state index contributed by atoms with van der Waals surface area (Å²) in [4.78, 5) is 13.9. The van der Waals surface area contributed by atoms with E-state index in [9.17, 15) is 4.79 Å². The van der Waals surface area contributed by atoms with Gasteiger partial charge >= 0.3 is 0 Å². The number of rotatable bonds is 3. The van der Waals surface area contributed by atoms with Crippen molar-refractivity contribution in [3.63, 3.8) is 0 Å². The molecule has 20 heavy (non-hydrogen) atoms. The van der Waals surface area contributed by atoms with Crippen molar-refractivity contribution in [3.05, 3.63) is 42.2 Å². The molecule has 4 heteroatoms. The lowest BCUT2D eigenvalue weighted by molar-refractivity contribution is -0.125. The largest absolute Gasteiger partial charge is 0.457 e. The molecule has 2 aromatic rings. The van der Waals surface area contributed by atoms with Crippen molar-refractivity contribution in [3.8, 4) is 0 Å². The molecule has 1 unspecified atom stereocenters. The molecule has 1 fully saturated rings. The summed E-state index contributed by atoms with van der Waals surface area (Å²) >= 11 is 0. The highest BCUT2D eigenvalue weighted by Crippen LogP contribution is 2.20. The number of likely N-dealkylation sites (tertiary alicyclic amines) is 1. The SMILES string of the molecule is NCC1CCN(C(=O)/C=C/c2cc3ccccc3o2)C1. The van der Waals surface area contributed by atoms with Crippen molar-refractivity contribution in [2.24, 2.45) is 11.7 Å². The molecular weight excluding hydrogens is 252 g/mol. The molecule has 0 saturated carbocycles. The van der Waals surface area contributed by atoms with Gasteiger partial charge in [0.2, 0.25) is 5.91 Å². The van der Waals surface area contributed by atoms with Crippen LogP contribution in [0.1, 0.15) is 12.2 Å². The highest BCUT2D eigenvalue weighted by Gasteiger charge is 2.23. The van der Waals surface area contributed by atoms with Gasteiger partial charge in [0.15, 0.2) is 0 Å². The lowest BCUT2D eigenvalue weighted by Crippen LogP contribution is -2.28. The second-order valence-electron chi connectivity index (χ2n) is 5.19. The Kier molecular flexibility index (Phi) is 3.56. The zero-order chi connectivity index (χ0) is 13.9. The Morgan fingerprint density at radius 2 is 2.30 bits per heavy atom. The van der Waals surface area contributed by atoms with Crippen molar-refractivity contribution in [2.45, 2.75) is 6.42 Å². The number of hydrogen-bond donors (Lipinski definition) is 1. The number of fused-ring (bicyclic) bond motifs is 1. The third kappa shape index (κ3) is 2.60. The summed E-state index contributed by atoms with van der Waals surface area (Å²) in [5, 5.41) is 1.05. The molecule has 0 radical (unpaired) electrons. The summed E-state index contributed by atoms with van der Waals surface area (Å²) < 4.78 is 5.65. The minimum atomic E-state index is 0.0291. The van der Waals surface area contributed by atoms with Crippen LogP contribution < -0.4 is 5.73 Å². The molecule has 1 aromatic heterocycles.